The Balaban J connectivity index is 1.74. The molecule has 1 saturated heterocycles. The van der Waals surface area contributed by atoms with Crippen molar-refractivity contribution in [3.8, 4) is 22.6 Å². The molecule has 1 fully saturated rings. The lowest BCUT2D eigenvalue weighted by molar-refractivity contribution is 0.203. The van der Waals surface area contributed by atoms with E-state index in [0.717, 1.165) is 48.6 Å². The topological polar surface area (TPSA) is 62.1 Å². The van der Waals surface area contributed by atoms with Gasteiger partial charge in [0.2, 0.25) is 0 Å². The van der Waals surface area contributed by atoms with E-state index in [1.807, 2.05) is 42.5 Å². The van der Waals surface area contributed by atoms with E-state index in [0.29, 0.717) is 16.8 Å². The fourth-order valence-corrected chi connectivity index (χ4v) is 3.46. The lowest BCUT2D eigenvalue weighted by Gasteiger charge is -2.32. The van der Waals surface area contributed by atoms with Crippen LogP contribution in [0.15, 0.2) is 54.9 Å². The number of benzene rings is 1. The van der Waals surface area contributed by atoms with Crippen LogP contribution < -0.4 is 4.90 Å². The van der Waals surface area contributed by atoms with Crippen molar-refractivity contribution < 1.29 is 5.11 Å². The molecule has 1 aliphatic heterocycles. The number of hydrogen-bond donors (Lipinski definition) is 1. The number of anilines is 1. The van der Waals surface area contributed by atoms with Gasteiger partial charge in [0.05, 0.1) is 5.69 Å². The van der Waals surface area contributed by atoms with Gasteiger partial charge in [0.15, 0.2) is 5.82 Å². The molecule has 1 N–H and O–H groups in total. The third-order valence-corrected chi connectivity index (χ3v) is 5.22. The van der Waals surface area contributed by atoms with Crippen LogP contribution in [0.3, 0.4) is 0 Å². The molecule has 5 nitrogen and oxygen atoms in total. The lowest BCUT2D eigenvalue weighted by Crippen LogP contribution is -2.35. The average Bonchev–Trinajstić information content (AvgIpc) is 2.74. The van der Waals surface area contributed by atoms with E-state index in [9.17, 15) is 5.11 Å². The van der Waals surface area contributed by atoms with Crippen LogP contribution in [-0.2, 0) is 0 Å². The molecule has 2 aromatic heterocycles. The van der Waals surface area contributed by atoms with Crippen LogP contribution in [0.4, 0.5) is 5.82 Å². The van der Waals surface area contributed by atoms with Gasteiger partial charge in [-0.3, -0.25) is 4.98 Å². The van der Waals surface area contributed by atoms with Crippen LogP contribution in [0.25, 0.3) is 22.6 Å². The van der Waals surface area contributed by atoms with Gasteiger partial charge in [0.1, 0.15) is 5.82 Å². The zero-order valence-corrected chi connectivity index (χ0v) is 15.7. The maximum Gasteiger partial charge on any atom is 0.163 e. The number of rotatable bonds is 4. The Bertz CT molecular complexity index is 894. The first-order chi connectivity index (χ1) is 13.2. The van der Waals surface area contributed by atoms with Gasteiger partial charge in [0.25, 0.3) is 0 Å². The molecule has 1 aliphatic rings. The summed E-state index contributed by atoms with van der Waals surface area (Å²) in [5.74, 6) is 1.96. The van der Waals surface area contributed by atoms with E-state index in [4.69, 9.17) is 21.6 Å². The summed E-state index contributed by atoms with van der Waals surface area (Å²) < 4.78 is 0. The fourth-order valence-electron chi connectivity index (χ4n) is 3.33. The van der Waals surface area contributed by atoms with Crippen molar-refractivity contribution >= 4 is 17.4 Å². The van der Waals surface area contributed by atoms with E-state index < -0.39 is 0 Å². The van der Waals surface area contributed by atoms with Crippen molar-refractivity contribution in [1.82, 2.24) is 15.0 Å². The van der Waals surface area contributed by atoms with Crippen molar-refractivity contribution in [2.75, 3.05) is 24.6 Å². The molecule has 27 heavy (non-hydrogen) atoms. The molecule has 6 heteroatoms. The van der Waals surface area contributed by atoms with Gasteiger partial charge in [-0.05, 0) is 43.0 Å². The highest BCUT2D eigenvalue weighted by Crippen LogP contribution is 2.29. The minimum absolute atomic E-state index is 0.259. The SMILES string of the molecule is OCC1CCN(c2cc(-c3ccc(Cl)cc3)nc(-c3cccnc3)n2)CC1. The third kappa shape index (κ3) is 4.10. The Hall–Kier alpha value is -2.50. The summed E-state index contributed by atoms with van der Waals surface area (Å²) in [4.78, 5) is 16.0. The van der Waals surface area contributed by atoms with Crippen molar-refractivity contribution in [2.45, 2.75) is 12.8 Å². The van der Waals surface area contributed by atoms with Gasteiger partial charge in [-0.1, -0.05) is 23.7 Å². The molecule has 138 valence electrons. The predicted molar refractivity (Wildman–Crippen MR) is 108 cm³/mol. The Kier molecular flexibility index (Phi) is 5.32. The van der Waals surface area contributed by atoms with E-state index in [-0.39, 0.29) is 6.61 Å². The maximum absolute atomic E-state index is 9.39. The zero-order chi connectivity index (χ0) is 18.6. The maximum atomic E-state index is 9.39. The summed E-state index contributed by atoms with van der Waals surface area (Å²) in [6.45, 7) is 2.03. The highest BCUT2D eigenvalue weighted by Gasteiger charge is 2.21. The van der Waals surface area contributed by atoms with E-state index >= 15 is 0 Å². The van der Waals surface area contributed by atoms with E-state index in [2.05, 4.69) is 9.88 Å². The van der Waals surface area contributed by atoms with Crippen molar-refractivity contribution in [3.63, 3.8) is 0 Å². The summed E-state index contributed by atoms with van der Waals surface area (Å²) in [5.41, 5.74) is 2.75. The minimum atomic E-state index is 0.259. The molecule has 0 spiro atoms. The summed E-state index contributed by atoms with van der Waals surface area (Å²) in [6.07, 6.45) is 5.47. The van der Waals surface area contributed by atoms with Crippen LogP contribution >= 0.6 is 11.6 Å². The van der Waals surface area contributed by atoms with Crippen LogP contribution in [0.2, 0.25) is 5.02 Å². The second-order valence-electron chi connectivity index (χ2n) is 6.80. The summed E-state index contributed by atoms with van der Waals surface area (Å²) in [5, 5.41) is 10.1. The molecular formula is C21H21ClN4O. The number of piperidine rings is 1. The summed E-state index contributed by atoms with van der Waals surface area (Å²) >= 11 is 6.04. The van der Waals surface area contributed by atoms with Crippen molar-refractivity contribution in [2.24, 2.45) is 5.92 Å². The first kappa shape index (κ1) is 17.9. The van der Waals surface area contributed by atoms with Crippen LogP contribution in [0.1, 0.15) is 12.8 Å². The van der Waals surface area contributed by atoms with Crippen LogP contribution in [-0.4, -0.2) is 39.8 Å². The fraction of sp³-hybridized carbons (Fsp3) is 0.286. The normalized spacial score (nSPS) is 15.1. The van der Waals surface area contributed by atoms with Crippen molar-refractivity contribution in [1.29, 1.82) is 0 Å². The molecular weight excluding hydrogens is 360 g/mol. The van der Waals surface area contributed by atoms with E-state index in [1.165, 1.54) is 0 Å². The predicted octanol–water partition coefficient (Wildman–Crippen LogP) is 4.07. The largest absolute Gasteiger partial charge is 0.396 e. The molecule has 3 heterocycles. The number of aliphatic hydroxyl groups excluding tert-OH is 1. The molecule has 0 saturated carbocycles. The van der Waals surface area contributed by atoms with Gasteiger partial charge in [-0.2, -0.15) is 0 Å². The molecule has 0 radical (unpaired) electrons. The van der Waals surface area contributed by atoms with Gasteiger partial charge in [-0.15, -0.1) is 0 Å². The van der Waals surface area contributed by atoms with Crippen LogP contribution in [0, 0.1) is 5.92 Å². The molecule has 0 bridgehead atoms. The number of aromatic nitrogens is 3. The molecule has 3 aromatic rings. The number of halogens is 1. The Labute approximate surface area is 163 Å². The highest BCUT2D eigenvalue weighted by molar-refractivity contribution is 6.30. The number of hydrogen-bond acceptors (Lipinski definition) is 5. The molecule has 0 amide bonds. The Morgan fingerprint density at radius 1 is 1.04 bits per heavy atom. The molecule has 0 atom stereocenters. The minimum Gasteiger partial charge on any atom is -0.396 e. The van der Waals surface area contributed by atoms with Crippen molar-refractivity contribution in [3.05, 3.63) is 59.9 Å². The highest BCUT2D eigenvalue weighted by atomic mass is 35.5. The monoisotopic (exact) mass is 380 g/mol. The number of nitrogens with zero attached hydrogens (tertiary/aromatic N) is 4. The van der Waals surface area contributed by atoms with Gasteiger partial charge < -0.3 is 10.0 Å². The number of pyridine rings is 1. The summed E-state index contributed by atoms with van der Waals surface area (Å²) in [7, 11) is 0. The molecule has 1 aromatic carbocycles. The van der Waals surface area contributed by atoms with Gasteiger partial charge in [0, 0.05) is 54.3 Å². The van der Waals surface area contributed by atoms with Gasteiger partial charge in [-0.25, -0.2) is 9.97 Å². The van der Waals surface area contributed by atoms with Gasteiger partial charge >= 0.3 is 0 Å². The van der Waals surface area contributed by atoms with Crippen LogP contribution in [0.5, 0.6) is 0 Å². The first-order valence-corrected chi connectivity index (χ1v) is 9.52. The molecule has 0 aliphatic carbocycles. The zero-order valence-electron chi connectivity index (χ0n) is 14.9. The van der Waals surface area contributed by atoms with E-state index in [1.54, 1.807) is 12.4 Å². The first-order valence-electron chi connectivity index (χ1n) is 9.14. The average molecular weight is 381 g/mol. The summed E-state index contributed by atoms with van der Waals surface area (Å²) in [6, 6.07) is 13.6. The standard InChI is InChI=1S/C21H21ClN4O/c22-18-5-3-16(4-6-18)19-12-20(26-10-7-15(14-27)8-11-26)25-21(24-19)17-2-1-9-23-13-17/h1-6,9,12-13,15,27H,7-8,10-11,14H2. The third-order valence-electron chi connectivity index (χ3n) is 4.97. The smallest absolute Gasteiger partial charge is 0.163 e. The lowest BCUT2D eigenvalue weighted by atomic mass is 9.98. The number of aliphatic hydroxyl groups is 1. The second-order valence-corrected chi connectivity index (χ2v) is 7.23. The quantitative estimate of drug-likeness (QED) is 0.739. The molecule has 0 unspecified atom stereocenters. The second kappa shape index (κ2) is 8.03. The Morgan fingerprint density at radius 2 is 1.81 bits per heavy atom. The molecule has 4 rings (SSSR count). The Morgan fingerprint density at radius 3 is 2.48 bits per heavy atom.